The van der Waals surface area contributed by atoms with Gasteiger partial charge >= 0.3 is 0 Å². The van der Waals surface area contributed by atoms with Gasteiger partial charge in [0.2, 0.25) is 0 Å². The van der Waals surface area contributed by atoms with Gasteiger partial charge in [0, 0.05) is 6.54 Å². The summed E-state index contributed by atoms with van der Waals surface area (Å²) in [7, 11) is -3.60. The van der Waals surface area contributed by atoms with Gasteiger partial charge in [-0.2, -0.15) is 0 Å². The lowest BCUT2D eigenvalue weighted by Gasteiger charge is -2.20. The van der Waals surface area contributed by atoms with E-state index in [4.69, 9.17) is 11.6 Å². The maximum atomic E-state index is 12.8. The van der Waals surface area contributed by atoms with Crippen molar-refractivity contribution in [1.82, 2.24) is 0 Å². The molecule has 0 spiro atoms. The lowest BCUT2D eigenvalue weighted by molar-refractivity contribution is 0.592. The average Bonchev–Trinajstić information content (AvgIpc) is 2.82. The zero-order valence-corrected chi connectivity index (χ0v) is 12.6. The lowest BCUT2D eigenvalue weighted by Crippen LogP contribution is -2.29. The molecule has 3 rings (SSSR count). The minimum absolute atomic E-state index is 0.168. The number of sulfonamides is 1. The molecule has 104 valence electrons. The quantitative estimate of drug-likeness (QED) is 0.852. The van der Waals surface area contributed by atoms with Crippen LogP contribution >= 0.6 is 11.6 Å². The van der Waals surface area contributed by atoms with Gasteiger partial charge in [-0.15, -0.1) is 0 Å². The van der Waals surface area contributed by atoms with Gasteiger partial charge in [0.25, 0.3) is 10.0 Å². The van der Waals surface area contributed by atoms with Crippen LogP contribution in [0.1, 0.15) is 11.1 Å². The molecule has 0 amide bonds. The third kappa shape index (κ3) is 2.09. The number of para-hydroxylation sites is 1. The van der Waals surface area contributed by atoms with Crippen molar-refractivity contribution in [3.05, 3.63) is 58.6 Å². The summed E-state index contributed by atoms with van der Waals surface area (Å²) in [6.07, 6.45) is 0.735. The molecular weight excluding hydrogens is 294 g/mol. The Morgan fingerprint density at radius 1 is 1.15 bits per heavy atom. The standard InChI is InChI=1S/C15H14ClNO2S/c1-11-6-7-15(13(16)10-11)20(18,19)17-9-8-12-4-2-3-5-14(12)17/h2-7,10H,8-9H2,1H3. The Balaban J connectivity index is 2.10. The molecular formula is C15H14ClNO2S. The smallest absolute Gasteiger partial charge is 0.265 e. The molecule has 5 heteroatoms. The molecule has 1 heterocycles. The van der Waals surface area contributed by atoms with Gasteiger partial charge in [-0.1, -0.05) is 35.9 Å². The van der Waals surface area contributed by atoms with Crippen molar-refractivity contribution in [1.29, 1.82) is 0 Å². The monoisotopic (exact) mass is 307 g/mol. The third-order valence-corrected chi connectivity index (χ3v) is 5.80. The van der Waals surface area contributed by atoms with Gasteiger partial charge in [0.05, 0.1) is 10.7 Å². The maximum Gasteiger partial charge on any atom is 0.265 e. The first kappa shape index (κ1) is 13.5. The summed E-state index contributed by atoms with van der Waals surface area (Å²) < 4.78 is 27.0. The van der Waals surface area contributed by atoms with E-state index in [1.165, 1.54) is 4.31 Å². The molecule has 0 saturated heterocycles. The highest BCUT2D eigenvalue weighted by molar-refractivity contribution is 7.93. The summed E-state index contributed by atoms with van der Waals surface area (Å²) in [5.74, 6) is 0. The molecule has 2 aromatic rings. The van der Waals surface area contributed by atoms with Gasteiger partial charge in [-0.3, -0.25) is 4.31 Å². The van der Waals surface area contributed by atoms with E-state index >= 15 is 0 Å². The van der Waals surface area contributed by atoms with E-state index in [2.05, 4.69) is 0 Å². The van der Waals surface area contributed by atoms with Crippen LogP contribution in [0.4, 0.5) is 5.69 Å². The fourth-order valence-electron chi connectivity index (χ4n) is 2.49. The number of nitrogens with zero attached hydrogens (tertiary/aromatic N) is 1. The van der Waals surface area contributed by atoms with Crippen LogP contribution in [-0.4, -0.2) is 15.0 Å². The molecule has 1 aliphatic heterocycles. The normalized spacial score (nSPS) is 14.4. The zero-order valence-electron chi connectivity index (χ0n) is 11.0. The van der Waals surface area contributed by atoms with Crippen LogP contribution in [0.25, 0.3) is 0 Å². The molecule has 3 nitrogen and oxygen atoms in total. The Bertz CT molecular complexity index is 771. The van der Waals surface area contributed by atoms with E-state index in [0.717, 1.165) is 23.2 Å². The average molecular weight is 308 g/mol. The Kier molecular flexibility index (Phi) is 3.22. The molecule has 0 radical (unpaired) electrons. The molecule has 0 saturated carbocycles. The topological polar surface area (TPSA) is 37.4 Å². The van der Waals surface area contributed by atoms with E-state index in [-0.39, 0.29) is 9.92 Å². The number of hydrogen-bond donors (Lipinski definition) is 0. The molecule has 2 aromatic carbocycles. The summed E-state index contributed by atoms with van der Waals surface area (Å²) >= 11 is 6.11. The number of halogens is 1. The van der Waals surface area contributed by atoms with Gasteiger partial charge in [0.15, 0.2) is 0 Å². The van der Waals surface area contributed by atoms with Crippen molar-refractivity contribution >= 4 is 27.3 Å². The van der Waals surface area contributed by atoms with Crippen LogP contribution in [0.5, 0.6) is 0 Å². The predicted octanol–water partition coefficient (Wildman–Crippen LogP) is 3.40. The van der Waals surface area contributed by atoms with Crippen LogP contribution in [0.3, 0.4) is 0 Å². The first-order valence-electron chi connectivity index (χ1n) is 6.37. The predicted molar refractivity (Wildman–Crippen MR) is 80.9 cm³/mol. The van der Waals surface area contributed by atoms with E-state index in [0.29, 0.717) is 6.54 Å². The molecule has 0 fully saturated rings. The fraction of sp³-hybridized carbons (Fsp3) is 0.200. The Morgan fingerprint density at radius 2 is 1.90 bits per heavy atom. The van der Waals surface area contributed by atoms with Crippen molar-refractivity contribution in [2.75, 3.05) is 10.8 Å². The van der Waals surface area contributed by atoms with Crippen LogP contribution in [0.2, 0.25) is 5.02 Å². The number of hydrogen-bond acceptors (Lipinski definition) is 2. The maximum absolute atomic E-state index is 12.8. The van der Waals surface area contributed by atoms with Crippen molar-refractivity contribution in [2.45, 2.75) is 18.2 Å². The molecule has 0 bridgehead atoms. The van der Waals surface area contributed by atoms with Gasteiger partial charge in [-0.25, -0.2) is 8.42 Å². The van der Waals surface area contributed by atoms with Crippen molar-refractivity contribution in [2.24, 2.45) is 0 Å². The number of fused-ring (bicyclic) bond motifs is 1. The summed E-state index contributed by atoms with van der Waals surface area (Å²) in [4.78, 5) is 0.168. The SMILES string of the molecule is Cc1ccc(S(=O)(=O)N2CCc3ccccc32)c(Cl)c1. The second kappa shape index (κ2) is 4.79. The number of aryl methyl sites for hydroxylation is 1. The molecule has 0 aliphatic carbocycles. The lowest BCUT2D eigenvalue weighted by atomic mass is 10.2. The Hall–Kier alpha value is -1.52. The Labute approximate surface area is 123 Å². The Morgan fingerprint density at radius 3 is 2.65 bits per heavy atom. The molecule has 0 aromatic heterocycles. The van der Waals surface area contributed by atoms with E-state index in [1.807, 2.05) is 31.2 Å². The third-order valence-electron chi connectivity index (χ3n) is 3.50. The largest absolute Gasteiger partial charge is 0.266 e. The summed E-state index contributed by atoms with van der Waals surface area (Å²) in [5, 5.41) is 0.273. The highest BCUT2D eigenvalue weighted by atomic mass is 35.5. The van der Waals surface area contributed by atoms with Crippen molar-refractivity contribution < 1.29 is 8.42 Å². The van der Waals surface area contributed by atoms with Crippen molar-refractivity contribution in [3.63, 3.8) is 0 Å². The minimum atomic E-state index is -3.60. The van der Waals surface area contributed by atoms with Gasteiger partial charge in [-0.05, 0) is 42.7 Å². The van der Waals surface area contributed by atoms with E-state index < -0.39 is 10.0 Å². The molecule has 1 aliphatic rings. The summed E-state index contributed by atoms with van der Waals surface area (Å²) in [6.45, 7) is 2.35. The fourth-order valence-corrected chi connectivity index (χ4v) is 4.57. The molecule has 20 heavy (non-hydrogen) atoms. The second-order valence-electron chi connectivity index (χ2n) is 4.89. The zero-order chi connectivity index (χ0) is 14.3. The number of rotatable bonds is 2. The van der Waals surface area contributed by atoms with Crippen LogP contribution < -0.4 is 4.31 Å². The van der Waals surface area contributed by atoms with Gasteiger partial charge in [0.1, 0.15) is 4.90 Å². The van der Waals surface area contributed by atoms with E-state index in [1.54, 1.807) is 18.2 Å². The van der Waals surface area contributed by atoms with Crippen LogP contribution in [0.15, 0.2) is 47.4 Å². The van der Waals surface area contributed by atoms with E-state index in [9.17, 15) is 8.42 Å². The van der Waals surface area contributed by atoms with Crippen LogP contribution in [0, 0.1) is 6.92 Å². The van der Waals surface area contributed by atoms with Crippen LogP contribution in [-0.2, 0) is 16.4 Å². The first-order chi connectivity index (χ1) is 9.50. The van der Waals surface area contributed by atoms with Crippen molar-refractivity contribution in [3.8, 4) is 0 Å². The first-order valence-corrected chi connectivity index (χ1v) is 8.19. The van der Waals surface area contributed by atoms with Gasteiger partial charge < -0.3 is 0 Å². The molecule has 0 N–H and O–H groups in total. The second-order valence-corrected chi connectivity index (χ2v) is 7.13. The summed E-state index contributed by atoms with van der Waals surface area (Å²) in [5.41, 5.74) is 2.75. The minimum Gasteiger partial charge on any atom is -0.266 e. The highest BCUT2D eigenvalue weighted by Gasteiger charge is 2.31. The molecule has 0 unspecified atom stereocenters. The number of benzene rings is 2. The highest BCUT2D eigenvalue weighted by Crippen LogP contribution is 2.34. The summed E-state index contributed by atoms with van der Waals surface area (Å²) in [6, 6.07) is 12.6. The molecule has 0 atom stereocenters. The number of anilines is 1.